The Morgan fingerprint density at radius 2 is 2.04 bits per heavy atom. The van der Waals surface area contributed by atoms with Gasteiger partial charge in [0, 0.05) is 62.8 Å². The molecular weight excluding hydrogens is 328 g/mol. The third-order valence-electron chi connectivity index (χ3n) is 4.82. The van der Waals surface area contributed by atoms with Gasteiger partial charge in [-0.1, -0.05) is 0 Å². The van der Waals surface area contributed by atoms with Crippen molar-refractivity contribution in [3.8, 4) is 17.3 Å². The van der Waals surface area contributed by atoms with Crippen LogP contribution >= 0.6 is 0 Å². The zero-order chi connectivity index (χ0) is 18.1. The van der Waals surface area contributed by atoms with Crippen LogP contribution in [-0.4, -0.2) is 43.3 Å². The summed E-state index contributed by atoms with van der Waals surface area (Å²) in [6.45, 7) is 4.63. The molecule has 26 heavy (non-hydrogen) atoms. The van der Waals surface area contributed by atoms with Crippen molar-refractivity contribution >= 4 is 0 Å². The highest BCUT2D eigenvalue weighted by atomic mass is 16.5. The topological polar surface area (TPSA) is 69.0 Å². The number of hydrogen-bond donors (Lipinski definition) is 0. The molecule has 7 nitrogen and oxygen atoms in total. The molecule has 0 N–H and O–H groups in total. The summed E-state index contributed by atoms with van der Waals surface area (Å²) in [6, 6.07) is 3.88. The lowest BCUT2D eigenvalue weighted by Crippen LogP contribution is -2.31. The van der Waals surface area contributed by atoms with Crippen LogP contribution in [0, 0.1) is 6.92 Å². The molecule has 0 spiro atoms. The third-order valence-corrected chi connectivity index (χ3v) is 4.82. The SMILES string of the molecule is COc1c(CN2CCc3nc(-c4ccncc4)ncc3C2)c(C)nn1C. The van der Waals surface area contributed by atoms with Gasteiger partial charge >= 0.3 is 0 Å². The Kier molecular flexibility index (Phi) is 4.38. The summed E-state index contributed by atoms with van der Waals surface area (Å²) in [5.74, 6) is 1.60. The lowest BCUT2D eigenvalue weighted by molar-refractivity contribution is 0.238. The summed E-state index contributed by atoms with van der Waals surface area (Å²) >= 11 is 0. The number of hydrogen-bond acceptors (Lipinski definition) is 6. The average Bonchev–Trinajstić information content (AvgIpc) is 2.94. The molecule has 1 aliphatic heterocycles. The Bertz CT molecular complexity index is 921. The van der Waals surface area contributed by atoms with Crippen LogP contribution in [0.5, 0.6) is 5.88 Å². The van der Waals surface area contributed by atoms with Gasteiger partial charge in [-0.3, -0.25) is 9.88 Å². The summed E-state index contributed by atoms with van der Waals surface area (Å²) in [6.07, 6.45) is 6.40. The fourth-order valence-corrected chi connectivity index (χ4v) is 3.49. The first-order valence-corrected chi connectivity index (χ1v) is 8.69. The number of pyridine rings is 1. The van der Waals surface area contributed by atoms with Gasteiger partial charge in [0.15, 0.2) is 5.82 Å². The first kappa shape index (κ1) is 16.7. The second-order valence-electron chi connectivity index (χ2n) is 6.56. The first-order valence-electron chi connectivity index (χ1n) is 8.69. The van der Waals surface area contributed by atoms with Crippen molar-refractivity contribution in [2.75, 3.05) is 13.7 Å². The van der Waals surface area contributed by atoms with E-state index in [1.807, 2.05) is 32.3 Å². The highest BCUT2D eigenvalue weighted by Gasteiger charge is 2.22. The van der Waals surface area contributed by atoms with Gasteiger partial charge in [0.25, 0.3) is 0 Å². The number of nitrogens with zero attached hydrogens (tertiary/aromatic N) is 6. The predicted octanol–water partition coefficient (Wildman–Crippen LogP) is 2.15. The van der Waals surface area contributed by atoms with Crippen LogP contribution in [0.25, 0.3) is 11.4 Å². The molecule has 0 amide bonds. The van der Waals surface area contributed by atoms with Crippen molar-refractivity contribution in [1.29, 1.82) is 0 Å². The Hall–Kier alpha value is -2.80. The largest absolute Gasteiger partial charge is 0.481 e. The van der Waals surface area contributed by atoms with Crippen LogP contribution < -0.4 is 4.74 Å². The Morgan fingerprint density at radius 1 is 1.23 bits per heavy atom. The summed E-state index contributed by atoms with van der Waals surface area (Å²) < 4.78 is 7.31. The molecule has 0 radical (unpaired) electrons. The van der Waals surface area contributed by atoms with Gasteiger partial charge in [0.1, 0.15) is 0 Å². The maximum absolute atomic E-state index is 5.52. The zero-order valence-corrected chi connectivity index (χ0v) is 15.3. The Labute approximate surface area is 152 Å². The van der Waals surface area contributed by atoms with Crippen LogP contribution in [0.2, 0.25) is 0 Å². The minimum absolute atomic E-state index is 0.768. The van der Waals surface area contributed by atoms with E-state index in [-0.39, 0.29) is 0 Å². The van der Waals surface area contributed by atoms with E-state index in [4.69, 9.17) is 9.72 Å². The number of methoxy groups -OCH3 is 1. The normalized spacial score (nSPS) is 14.3. The number of rotatable bonds is 4. The molecule has 0 saturated heterocycles. The molecule has 3 aromatic heterocycles. The standard InChI is InChI=1S/C19H22N6O/c1-13-16(19(26-3)24(2)23-13)12-25-9-6-17-15(11-25)10-21-18(22-17)14-4-7-20-8-5-14/h4-5,7-8,10H,6,9,11-12H2,1-3H3. The lowest BCUT2D eigenvalue weighted by atomic mass is 10.1. The number of aryl methyl sites for hydroxylation is 2. The van der Waals surface area contributed by atoms with Crippen LogP contribution in [-0.2, 0) is 26.6 Å². The van der Waals surface area contributed by atoms with Gasteiger partial charge in [-0.2, -0.15) is 5.10 Å². The number of aromatic nitrogens is 5. The van der Waals surface area contributed by atoms with Gasteiger partial charge in [-0.25, -0.2) is 14.6 Å². The van der Waals surface area contributed by atoms with Gasteiger partial charge < -0.3 is 4.74 Å². The Balaban J connectivity index is 1.54. The molecule has 0 bridgehead atoms. The molecule has 1 aliphatic rings. The molecule has 0 fully saturated rings. The van der Waals surface area contributed by atoms with Crippen molar-refractivity contribution < 1.29 is 4.74 Å². The molecule has 0 saturated carbocycles. The van der Waals surface area contributed by atoms with E-state index in [1.165, 1.54) is 5.56 Å². The molecule has 3 aromatic rings. The van der Waals surface area contributed by atoms with Gasteiger partial charge in [0.2, 0.25) is 5.88 Å². The molecule has 0 aliphatic carbocycles. The molecule has 0 unspecified atom stereocenters. The van der Waals surface area contributed by atoms with Gasteiger partial charge in [-0.15, -0.1) is 0 Å². The Morgan fingerprint density at radius 3 is 2.81 bits per heavy atom. The maximum atomic E-state index is 5.52. The molecular formula is C19H22N6O. The maximum Gasteiger partial charge on any atom is 0.216 e. The van der Waals surface area contributed by atoms with Crippen LogP contribution in [0.4, 0.5) is 0 Å². The second-order valence-corrected chi connectivity index (χ2v) is 6.56. The average molecular weight is 350 g/mol. The molecule has 0 atom stereocenters. The summed E-state index contributed by atoms with van der Waals surface area (Å²) in [5, 5.41) is 4.47. The highest BCUT2D eigenvalue weighted by molar-refractivity contribution is 5.54. The first-order chi connectivity index (χ1) is 12.7. The van der Waals surface area contributed by atoms with E-state index in [0.29, 0.717) is 0 Å². The van der Waals surface area contributed by atoms with Crippen molar-refractivity contribution in [1.82, 2.24) is 29.6 Å². The highest BCUT2D eigenvalue weighted by Crippen LogP contribution is 2.26. The van der Waals surface area contributed by atoms with Crippen molar-refractivity contribution in [2.24, 2.45) is 7.05 Å². The summed E-state index contributed by atoms with van der Waals surface area (Å²) in [7, 11) is 3.61. The quantitative estimate of drug-likeness (QED) is 0.718. The minimum atomic E-state index is 0.768. The molecule has 134 valence electrons. The van der Waals surface area contributed by atoms with Gasteiger partial charge in [0.05, 0.1) is 24.1 Å². The smallest absolute Gasteiger partial charge is 0.216 e. The van der Waals surface area contributed by atoms with Crippen LogP contribution in [0.15, 0.2) is 30.7 Å². The second kappa shape index (κ2) is 6.84. The number of ether oxygens (including phenoxy) is 1. The molecule has 7 heteroatoms. The fourth-order valence-electron chi connectivity index (χ4n) is 3.49. The van der Waals surface area contributed by atoms with Gasteiger partial charge in [-0.05, 0) is 19.1 Å². The van der Waals surface area contributed by atoms with Crippen LogP contribution in [0.1, 0.15) is 22.5 Å². The summed E-state index contributed by atoms with van der Waals surface area (Å²) in [5.41, 5.74) is 5.49. The third kappa shape index (κ3) is 3.06. The lowest BCUT2D eigenvalue weighted by Gasteiger charge is -2.28. The molecule has 0 aromatic carbocycles. The van der Waals surface area contributed by atoms with E-state index in [0.717, 1.165) is 60.3 Å². The van der Waals surface area contributed by atoms with E-state index in [2.05, 4.69) is 20.0 Å². The van der Waals surface area contributed by atoms with E-state index in [1.54, 1.807) is 24.2 Å². The number of fused-ring (bicyclic) bond motifs is 1. The van der Waals surface area contributed by atoms with E-state index < -0.39 is 0 Å². The van der Waals surface area contributed by atoms with Crippen molar-refractivity contribution in [3.63, 3.8) is 0 Å². The monoisotopic (exact) mass is 350 g/mol. The summed E-state index contributed by atoms with van der Waals surface area (Å²) in [4.78, 5) is 15.8. The van der Waals surface area contributed by atoms with E-state index in [9.17, 15) is 0 Å². The molecule has 4 rings (SSSR count). The van der Waals surface area contributed by atoms with Crippen LogP contribution in [0.3, 0.4) is 0 Å². The van der Waals surface area contributed by atoms with Crippen molar-refractivity contribution in [2.45, 2.75) is 26.4 Å². The minimum Gasteiger partial charge on any atom is -0.481 e. The zero-order valence-electron chi connectivity index (χ0n) is 15.3. The van der Waals surface area contributed by atoms with Crippen molar-refractivity contribution in [3.05, 3.63) is 53.2 Å². The van der Waals surface area contributed by atoms with E-state index >= 15 is 0 Å². The fraction of sp³-hybridized carbons (Fsp3) is 0.368. The predicted molar refractivity (Wildman–Crippen MR) is 97.6 cm³/mol. The molecule has 4 heterocycles.